The second kappa shape index (κ2) is 5.38. The molecular formula is C12H23NO2. The molecule has 0 aromatic carbocycles. The average Bonchev–Trinajstić information content (AvgIpc) is 2.17. The normalized spacial score (nSPS) is 18.7. The van der Waals surface area contributed by atoms with Crippen molar-refractivity contribution >= 4 is 6.09 Å². The van der Waals surface area contributed by atoms with Gasteiger partial charge < -0.3 is 9.64 Å². The summed E-state index contributed by atoms with van der Waals surface area (Å²) in [6.07, 6.45) is 2.07. The molecule has 0 N–H and O–H groups in total. The molecule has 1 rings (SSSR count). The topological polar surface area (TPSA) is 29.5 Å². The molecular weight excluding hydrogens is 190 g/mol. The summed E-state index contributed by atoms with van der Waals surface area (Å²) < 4.78 is 5.17. The van der Waals surface area contributed by atoms with Gasteiger partial charge in [-0.2, -0.15) is 0 Å². The van der Waals surface area contributed by atoms with Crippen LogP contribution in [0, 0.1) is 11.8 Å². The van der Waals surface area contributed by atoms with E-state index in [1.54, 1.807) is 0 Å². The van der Waals surface area contributed by atoms with Crippen molar-refractivity contribution < 1.29 is 9.53 Å². The Morgan fingerprint density at radius 3 is 2.13 bits per heavy atom. The van der Waals surface area contributed by atoms with Crippen LogP contribution in [0.4, 0.5) is 4.79 Å². The molecule has 0 bridgehead atoms. The van der Waals surface area contributed by atoms with E-state index in [-0.39, 0.29) is 12.2 Å². The van der Waals surface area contributed by atoms with Crippen LogP contribution >= 0.6 is 0 Å². The molecule has 3 heteroatoms. The van der Waals surface area contributed by atoms with E-state index in [4.69, 9.17) is 4.74 Å². The third kappa shape index (κ3) is 3.73. The van der Waals surface area contributed by atoms with Crippen molar-refractivity contribution in [2.24, 2.45) is 11.8 Å². The second-order valence-electron chi connectivity index (χ2n) is 5.00. The number of likely N-dealkylation sites (tertiary alicyclic amines) is 1. The first kappa shape index (κ1) is 12.3. The lowest BCUT2D eigenvalue weighted by Crippen LogP contribution is -2.40. The Morgan fingerprint density at radius 1 is 1.20 bits per heavy atom. The molecule has 0 unspecified atom stereocenters. The molecule has 0 atom stereocenters. The van der Waals surface area contributed by atoms with Gasteiger partial charge >= 0.3 is 6.09 Å². The summed E-state index contributed by atoms with van der Waals surface area (Å²) in [5.41, 5.74) is 0. The van der Waals surface area contributed by atoms with Crippen molar-refractivity contribution in [3.63, 3.8) is 0 Å². The average molecular weight is 213 g/mol. The zero-order valence-corrected chi connectivity index (χ0v) is 10.3. The number of ether oxygens (including phenoxy) is 1. The first-order valence-electron chi connectivity index (χ1n) is 5.96. The summed E-state index contributed by atoms with van der Waals surface area (Å²) >= 11 is 0. The number of amides is 1. The third-order valence-corrected chi connectivity index (χ3v) is 3.08. The van der Waals surface area contributed by atoms with Crippen LogP contribution in [0.5, 0.6) is 0 Å². The summed E-state index contributed by atoms with van der Waals surface area (Å²) in [4.78, 5) is 13.4. The highest BCUT2D eigenvalue weighted by atomic mass is 16.6. The van der Waals surface area contributed by atoms with E-state index in [0.717, 1.165) is 37.8 Å². The van der Waals surface area contributed by atoms with Gasteiger partial charge in [0.05, 0.1) is 6.10 Å². The first-order valence-corrected chi connectivity index (χ1v) is 5.96. The molecule has 88 valence electrons. The van der Waals surface area contributed by atoms with E-state index in [2.05, 4.69) is 13.8 Å². The summed E-state index contributed by atoms with van der Waals surface area (Å²) in [6, 6.07) is 0. The minimum absolute atomic E-state index is 0.0136. The Morgan fingerprint density at radius 2 is 1.73 bits per heavy atom. The molecule has 3 nitrogen and oxygen atoms in total. The predicted molar refractivity (Wildman–Crippen MR) is 60.8 cm³/mol. The molecule has 0 aromatic rings. The SMILES string of the molecule is CC(C)OC(=O)N1CCC(C(C)C)CC1. The second-order valence-corrected chi connectivity index (χ2v) is 5.00. The van der Waals surface area contributed by atoms with E-state index in [0.29, 0.717) is 0 Å². The maximum atomic E-state index is 11.6. The van der Waals surface area contributed by atoms with Crippen LogP contribution in [0.1, 0.15) is 40.5 Å². The van der Waals surface area contributed by atoms with Gasteiger partial charge in [-0.05, 0) is 38.5 Å². The smallest absolute Gasteiger partial charge is 0.410 e. The number of hydrogen-bond acceptors (Lipinski definition) is 2. The standard InChI is InChI=1S/C12H23NO2/c1-9(2)11-5-7-13(8-6-11)12(14)15-10(3)4/h9-11H,5-8H2,1-4H3. The van der Waals surface area contributed by atoms with Gasteiger partial charge in [0.1, 0.15) is 0 Å². The minimum Gasteiger partial charge on any atom is -0.447 e. The summed E-state index contributed by atoms with van der Waals surface area (Å²) in [6.45, 7) is 10.00. The lowest BCUT2D eigenvalue weighted by Gasteiger charge is -2.33. The molecule has 0 saturated carbocycles. The van der Waals surface area contributed by atoms with Crippen LogP contribution in [0.15, 0.2) is 0 Å². The molecule has 1 aliphatic heterocycles. The van der Waals surface area contributed by atoms with E-state index < -0.39 is 0 Å². The monoisotopic (exact) mass is 213 g/mol. The Bertz CT molecular complexity index is 206. The summed E-state index contributed by atoms with van der Waals surface area (Å²) in [7, 11) is 0. The van der Waals surface area contributed by atoms with Crippen molar-refractivity contribution in [1.82, 2.24) is 4.90 Å². The zero-order chi connectivity index (χ0) is 11.4. The van der Waals surface area contributed by atoms with Crippen LogP contribution < -0.4 is 0 Å². The molecule has 15 heavy (non-hydrogen) atoms. The van der Waals surface area contributed by atoms with Crippen molar-refractivity contribution in [1.29, 1.82) is 0 Å². The number of hydrogen-bond donors (Lipinski definition) is 0. The fraction of sp³-hybridized carbons (Fsp3) is 0.917. The van der Waals surface area contributed by atoms with Crippen molar-refractivity contribution in [3.8, 4) is 0 Å². The number of carbonyl (C=O) groups excluding carboxylic acids is 1. The van der Waals surface area contributed by atoms with Gasteiger partial charge in [0.2, 0.25) is 0 Å². The van der Waals surface area contributed by atoms with Gasteiger partial charge in [-0.15, -0.1) is 0 Å². The number of carbonyl (C=O) groups is 1. The molecule has 1 saturated heterocycles. The quantitative estimate of drug-likeness (QED) is 0.706. The van der Waals surface area contributed by atoms with Gasteiger partial charge in [0.25, 0.3) is 0 Å². The molecule has 1 fully saturated rings. The largest absolute Gasteiger partial charge is 0.447 e. The summed E-state index contributed by atoms with van der Waals surface area (Å²) in [5.74, 6) is 1.50. The zero-order valence-electron chi connectivity index (χ0n) is 10.3. The van der Waals surface area contributed by atoms with Gasteiger partial charge in [-0.3, -0.25) is 0 Å². The fourth-order valence-corrected chi connectivity index (χ4v) is 2.02. The Labute approximate surface area is 92.8 Å². The van der Waals surface area contributed by atoms with Crippen molar-refractivity contribution in [3.05, 3.63) is 0 Å². The minimum atomic E-state index is -0.146. The Kier molecular flexibility index (Phi) is 4.43. The van der Waals surface area contributed by atoms with Crippen LogP contribution in [-0.2, 0) is 4.74 Å². The molecule has 0 aromatic heterocycles. The van der Waals surface area contributed by atoms with Gasteiger partial charge in [0, 0.05) is 13.1 Å². The highest BCUT2D eigenvalue weighted by molar-refractivity contribution is 5.67. The lowest BCUT2D eigenvalue weighted by molar-refractivity contribution is 0.0618. The first-order chi connectivity index (χ1) is 7.00. The van der Waals surface area contributed by atoms with Crippen LogP contribution in [0.3, 0.4) is 0 Å². The van der Waals surface area contributed by atoms with E-state index in [1.807, 2.05) is 18.7 Å². The van der Waals surface area contributed by atoms with Crippen molar-refractivity contribution in [2.45, 2.75) is 46.6 Å². The van der Waals surface area contributed by atoms with E-state index >= 15 is 0 Å². The number of rotatable bonds is 2. The van der Waals surface area contributed by atoms with Crippen LogP contribution in [0.2, 0.25) is 0 Å². The van der Waals surface area contributed by atoms with E-state index in [1.165, 1.54) is 0 Å². The molecule has 1 aliphatic rings. The maximum absolute atomic E-state index is 11.6. The highest BCUT2D eigenvalue weighted by Gasteiger charge is 2.25. The lowest BCUT2D eigenvalue weighted by atomic mass is 9.87. The molecule has 1 amide bonds. The molecule has 0 aliphatic carbocycles. The summed E-state index contributed by atoms with van der Waals surface area (Å²) in [5, 5.41) is 0. The van der Waals surface area contributed by atoms with Crippen LogP contribution in [0.25, 0.3) is 0 Å². The van der Waals surface area contributed by atoms with E-state index in [9.17, 15) is 4.79 Å². The third-order valence-electron chi connectivity index (χ3n) is 3.08. The number of nitrogens with zero attached hydrogens (tertiary/aromatic N) is 1. The van der Waals surface area contributed by atoms with Gasteiger partial charge in [0.15, 0.2) is 0 Å². The fourth-order valence-electron chi connectivity index (χ4n) is 2.02. The van der Waals surface area contributed by atoms with Crippen molar-refractivity contribution in [2.75, 3.05) is 13.1 Å². The highest BCUT2D eigenvalue weighted by Crippen LogP contribution is 2.24. The van der Waals surface area contributed by atoms with Gasteiger partial charge in [-0.25, -0.2) is 4.79 Å². The molecule has 0 radical (unpaired) electrons. The Balaban J connectivity index is 2.34. The number of piperidine rings is 1. The maximum Gasteiger partial charge on any atom is 0.410 e. The molecule has 1 heterocycles. The predicted octanol–water partition coefficient (Wildman–Crippen LogP) is 2.90. The Hall–Kier alpha value is -0.730. The van der Waals surface area contributed by atoms with Gasteiger partial charge in [-0.1, -0.05) is 13.8 Å². The molecule has 0 spiro atoms. The van der Waals surface area contributed by atoms with Crippen LogP contribution in [-0.4, -0.2) is 30.2 Å².